The van der Waals surface area contributed by atoms with Crippen LogP contribution in [0, 0.1) is 0 Å². The van der Waals surface area contributed by atoms with E-state index in [1.807, 2.05) is 24.3 Å². The Kier molecular flexibility index (Phi) is 5.29. The summed E-state index contributed by atoms with van der Waals surface area (Å²) in [6, 6.07) is 14.3. The highest BCUT2D eigenvalue weighted by atomic mass is 16.5. The number of esters is 1. The van der Waals surface area contributed by atoms with Gasteiger partial charge in [-0.05, 0) is 37.1 Å². The Labute approximate surface area is 167 Å². The van der Waals surface area contributed by atoms with Crippen molar-refractivity contribution in [3.8, 4) is 5.75 Å². The quantitative estimate of drug-likeness (QED) is 0.737. The highest BCUT2D eigenvalue weighted by Gasteiger charge is 2.25. The Hall–Kier alpha value is -3.61. The molecule has 2 amide bonds. The standard InChI is InChI=1S/C22H20N2O5/c25-20(24-18-7-3-2-6-17(18)21(26)23-16-9-10-16)13-29-22(27)15-11-14-5-1-4-8-19(14)28-12-15/h1-8,11,16H,9-10,12-13H2,(H,23,26)(H,24,25). The third kappa shape index (κ3) is 4.63. The second-order valence-electron chi connectivity index (χ2n) is 6.91. The minimum Gasteiger partial charge on any atom is -0.488 e. The van der Waals surface area contributed by atoms with Crippen LogP contribution in [-0.2, 0) is 14.3 Å². The van der Waals surface area contributed by atoms with Crippen molar-refractivity contribution in [1.82, 2.24) is 5.32 Å². The van der Waals surface area contributed by atoms with Crippen molar-refractivity contribution in [2.24, 2.45) is 0 Å². The van der Waals surface area contributed by atoms with Gasteiger partial charge in [0.25, 0.3) is 11.8 Å². The van der Waals surface area contributed by atoms with Crippen LogP contribution >= 0.6 is 0 Å². The second kappa shape index (κ2) is 8.18. The van der Waals surface area contributed by atoms with Gasteiger partial charge >= 0.3 is 5.97 Å². The molecule has 0 saturated heterocycles. The second-order valence-corrected chi connectivity index (χ2v) is 6.91. The lowest BCUT2D eigenvalue weighted by Crippen LogP contribution is -2.28. The molecule has 0 aromatic heterocycles. The highest BCUT2D eigenvalue weighted by molar-refractivity contribution is 6.04. The first-order valence-electron chi connectivity index (χ1n) is 9.39. The number of nitrogens with one attached hydrogen (secondary N) is 2. The number of para-hydroxylation sites is 2. The number of benzene rings is 2. The molecular weight excluding hydrogens is 372 g/mol. The summed E-state index contributed by atoms with van der Waals surface area (Å²) >= 11 is 0. The molecule has 1 aliphatic heterocycles. The normalized spacial score (nSPS) is 14.7. The highest BCUT2D eigenvalue weighted by Crippen LogP contribution is 2.26. The van der Waals surface area contributed by atoms with Crippen molar-refractivity contribution in [1.29, 1.82) is 0 Å². The van der Waals surface area contributed by atoms with E-state index >= 15 is 0 Å². The SMILES string of the molecule is O=C(COC(=O)C1=Cc2ccccc2OC1)Nc1ccccc1C(=O)NC1CC1. The zero-order valence-corrected chi connectivity index (χ0v) is 15.6. The molecule has 4 rings (SSSR count). The summed E-state index contributed by atoms with van der Waals surface area (Å²) in [5.74, 6) is -0.677. The van der Waals surface area contributed by atoms with E-state index in [1.54, 1.807) is 30.3 Å². The summed E-state index contributed by atoms with van der Waals surface area (Å²) in [7, 11) is 0. The van der Waals surface area contributed by atoms with Gasteiger partial charge in [0, 0.05) is 11.6 Å². The van der Waals surface area contributed by atoms with E-state index in [-0.39, 0.29) is 18.6 Å². The maximum Gasteiger partial charge on any atom is 0.338 e. The van der Waals surface area contributed by atoms with E-state index in [1.165, 1.54) is 0 Å². The number of rotatable bonds is 6. The summed E-state index contributed by atoms with van der Waals surface area (Å²) < 4.78 is 10.6. The van der Waals surface area contributed by atoms with E-state index in [0.717, 1.165) is 18.4 Å². The molecule has 1 fully saturated rings. The maximum atomic E-state index is 12.3. The predicted octanol–water partition coefficient (Wildman–Crippen LogP) is 2.54. The molecule has 2 aliphatic rings. The van der Waals surface area contributed by atoms with Crippen LogP contribution in [0.5, 0.6) is 5.75 Å². The van der Waals surface area contributed by atoms with Crippen LogP contribution < -0.4 is 15.4 Å². The Bertz CT molecular complexity index is 994. The number of ether oxygens (including phenoxy) is 2. The van der Waals surface area contributed by atoms with Gasteiger partial charge in [0.2, 0.25) is 0 Å². The topological polar surface area (TPSA) is 93.7 Å². The van der Waals surface area contributed by atoms with E-state index in [0.29, 0.717) is 22.6 Å². The van der Waals surface area contributed by atoms with Gasteiger partial charge in [-0.2, -0.15) is 0 Å². The molecule has 0 bridgehead atoms. The zero-order chi connectivity index (χ0) is 20.2. The Morgan fingerprint density at radius 2 is 1.79 bits per heavy atom. The van der Waals surface area contributed by atoms with Gasteiger partial charge in [-0.3, -0.25) is 9.59 Å². The molecule has 2 N–H and O–H groups in total. The van der Waals surface area contributed by atoms with Gasteiger partial charge in [0.1, 0.15) is 12.4 Å². The number of anilines is 1. The molecule has 2 aromatic carbocycles. The van der Waals surface area contributed by atoms with Crippen molar-refractivity contribution in [3.05, 3.63) is 65.2 Å². The minimum absolute atomic E-state index is 0.0850. The number of amides is 2. The number of hydrogen-bond donors (Lipinski definition) is 2. The molecule has 1 saturated carbocycles. The number of carbonyl (C=O) groups is 3. The van der Waals surface area contributed by atoms with Crippen molar-refractivity contribution >= 4 is 29.5 Å². The summed E-state index contributed by atoms with van der Waals surface area (Å²) in [6.45, 7) is -0.377. The molecule has 0 unspecified atom stereocenters. The van der Waals surface area contributed by atoms with E-state index in [9.17, 15) is 14.4 Å². The van der Waals surface area contributed by atoms with Gasteiger partial charge in [-0.1, -0.05) is 30.3 Å². The minimum atomic E-state index is -0.616. The van der Waals surface area contributed by atoms with E-state index in [2.05, 4.69) is 10.6 Å². The summed E-state index contributed by atoms with van der Waals surface area (Å²) in [5.41, 5.74) is 1.87. The van der Waals surface area contributed by atoms with Crippen LogP contribution in [0.2, 0.25) is 0 Å². The van der Waals surface area contributed by atoms with Gasteiger partial charge < -0.3 is 20.1 Å². The molecule has 2 aromatic rings. The fourth-order valence-corrected chi connectivity index (χ4v) is 2.92. The number of fused-ring (bicyclic) bond motifs is 1. The number of hydrogen-bond acceptors (Lipinski definition) is 5. The van der Waals surface area contributed by atoms with E-state index < -0.39 is 18.5 Å². The Morgan fingerprint density at radius 1 is 1.03 bits per heavy atom. The first-order valence-corrected chi connectivity index (χ1v) is 9.39. The van der Waals surface area contributed by atoms with Crippen LogP contribution in [-0.4, -0.2) is 37.0 Å². The first-order chi connectivity index (χ1) is 14.1. The summed E-state index contributed by atoms with van der Waals surface area (Å²) in [4.78, 5) is 36.8. The zero-order valence-electron chi connectivity index (χ0n) is 15.6. The average Bonchev–Trinajstić information content (AvgIpc) is 3.56. The largest absolute Gasteiger partial charge is 0.488 e. The molecule has 0 atom stereocenters. The van der Waals surface area contributed by atoms with Gasteiger partial charge in [-0.25, -0.2) is 4.79 Å². The molecular formula is C22H20N2O5. The fraction of sp³-hybridized carbons (Fsp3) is 0.227. The van der Waals surface area contributed by atoms with Gasteiger partial charge in [-0.15, -0.1) is 0 Å². The predicted molar refractivity (Wildman–Crippen MR) is 106 cm³/mol. The average molecular weight is 392 g/mol. The third-order valence-electron chi connectivity index (χ3n) is 4.59. The van der Waals surface area contributed by atoms with Crippen molar-refractivity contribution in [2.45, 2.75) is 18.9 Å². The van der Waals surface area contributed by atoms with Crippen LogP contribution in [0.3, 0.4) is 0 Å². The molecule has 0 radical (unpaired) electrons. The summed E-state index contributed by atoms with van der Waals surface area (Å²) in [6.07, 6.45) is 3.64. The molecule has 148 valence electrons. The van der Waals surface area contributed by atoms with Crippen LogP contribution in [0.25, 0.3) is 6.08 Å². The van der Waals surface area contributed by atoms with E-state index in [4.69, 9.17) is 9.47 Å². The lowest BCUT2D eigenvalue weighted by molar-refractivity contribution is -0.143. The molecule has 7 nitrogen and oxygen atoms in total. The fourth-order valence-electron chi connectivity index (χ4n) is 2.92. The van der Waals surface area contributed by atoms with Gasteiger partial charge in [0.05, 0.1) is 16.8 Å². The summed E-state index contributed by atoms with van der Waals surface area (Å²) in [5, 5.41) is 5.52. The van der Waals surface area contributed by atoms with Gasteiger partial charge in [0.15, 0.2) is 6.61 Å². The van der Waals surface area contributed by atoms with Crippen LogP contribution in [0.4, 0.5) is 5.69 Å². The molecule has 0 spiro atoms. The van der Waals surface area contributed by atoms with Crippen molar-refractivity contribution in [3.63, 3.8) is 0 Å². The van der Waals surface area contributed by atoms with Crippen LogP contribution in [0.1, 0.15) is 28.8 Å². The third-order valence-corrected chi connectivity index (χ3v) is 4.59. The number of carbonyl (C=O) groups excluding carboxylic acids is 3. The Morgan fingerprint density at radius 3 is 2.62 bits per heavy atom. The van der Waals surface area contributed by atoms with Crippen LogP contribution in [0.15, 0.2) is 54.1 Å². The monoisotopic (exact) mass is 392 g/mol. The Balaban J connectivity index is 1.34. The maximum absolute atomic E-state index is 12.3. The van der Waals surface area contributed by atoms with Crippen molar-refractivity contribution < 1.29 is 23.9 Å². The molecule has 29 heavy (non-hydrogen) atoms. The van der Waals surface area contributed by atoms with Crippen molar-refractivity contribution in [2.75, 3.05) is 18.5 Å². The molecule has 1 heterocycles. The first kappa shape index (κ1) is 18.7. The molecule has 1 aliphatic carbocycles. The lowest BCUT2D eigenvalue weighted by Gasteiger charge is -2.17. The lowest BCUT2D eigenvalue weighted by atomic mass is 10.1. The smallest absolute Gasteiger partial charge is 0.338 e. The molecule has 7 heteroatoms.